The average Bonchev–Trinajstić information content (AvgIpc) is 3.72. The number of fused-ring (bicyclic) bond motifs is 1. The highest BCUT2D eigenvalue weighted by molar-refractivity contribution is 5.91. The third kappa shape index (κ3) is 13.4. The van der Waals surface area contributed by atoms with Gasteiger partial charge in [-0.2, -0.15) is 0 Å². The second-order valence-corrected chi connectivity index (χ2v) is 15.5. The molecule has 0 saturated heterocycles. The van der Waals surface area contributed by atoms with Gasteiger partial charge in [0.1, 0.15) is 23.9 Å². The molecular formula is C43H59N7O7. The molecule has 57 heavy (non-hydrogen) atoms. The van der Waals surface area contributed by atoms with Gasteiger partial charge in [-0.25, -0.2) is 4.98 Å². The molecule has 0 aliphatic heterocycles. The van der Waals surface area contributed by atoms with E-state index in [2.05, 4.69) is 36.2 Å². The van der Waals surface area contributed by atoms with Gasteiger partial charge in [-0.05, 0) is 54.2 Å². The van der Waals surface area contributed by atoms with Crippen LogP contribution in [0.25, 0.3) is 10.8 Å². The first-order valence-electron chi connectivity index (χ1n) is 19.8. The van der Waals surface area contributed by atoms with Crippen molar-refractivity contribution in [1.29, 1.82) is 0 Å². The lowest BCUT2D eigenvalue weighted by Crippen LogP contribution is -2.59. The van der Waals surface area contributed by atoms with Gasteiger partial charge in [0, 0.05) is 29.9 Å². The zero-order valence-electron chi connectivity index (χ0n) is 33.8. The van der Waals surface area contributed by atoms with Gasteiger partial charge in [-0.15, -0.1) is 0 Å². The minimum atomic E-state index is -1.61. The monoisotopic (exact) mass is 785 g/mol. The summed E-state index contributed by atoms with van der Waals surface area (Å²) in [6.07, 6.45) is 2.55. The van der Waals surface area contributed by atoms with Gasteiger partial charge in [0.2, 0.25) is 17.7 Å². The summed E-state index contributed by atoms with van der Waals surface area (Å²) in [6, 6.07) is 15.5. The molecule has 0 spiro atoms. The van der Waals surface area contributed by atoms with Crippen LogP contribution in [0, 0.1) is 23.7 Å². The van der Waals surface area contributed by atoms with E-state index in [0.717, 1.165) is 10.8 Å². The first-order chi connectivity index (χ1) is 27.3. The van der Waals surface area contributed by atoms with E-state index in [4.69, 9.17) is 4.74 Å². The minimum Gasteiger partial charge on any atom is -0.483 e. The molecule has 14 heteroatoms. The molecule has 0 aliphatic carbocycles. The van der Waals surface area contributed by atoms with Crippen LogP contribution in [-0.4, -0.2) is 85.7 Å². The largest absolute Gasteiger partial charge is 0.483 e. The maximum absolute atomic E-state index is 14.0. The molecule has 0 fully saturated rings. The Morgan fingerprint density at radius 3 is 2.19 bits per heavy atom. The van der Waals surface area contributed by atoms with Gasteiger partial charge in [0.05, 0.1) is 36.6 Å². The lowest BCUT2D eigenvalue weighted by molar-refractivity contribution is -0.139. The van der Waals surface area contributed by atoms with E-state index >= 15 is 0 Å². The van der Waals surface area contributed by atoms with Crippen LogP contribution in [0.1, 0.15) is 72.2 Å². The van der Waals surface area contributed by atoms with Gasteiger partial charge < -0.3 is 41.2 Å². The normalized spacial score (nSPS) is 15.2. The predicted molar refractivity (Wildman–Crippen MR) is 217 cm³/mol. The summed E-state index contributed by atoms with van der Waals surface area (Å²) >= 11 is 0. The lowest BCUT2D eigenvalue weighted by atomic mass is 9.84. The molecule has 0 bridgehead atoms. The standard InChI is InChI=1S/C43H59N7O7/c1-7-28(6)38(43(56)46-23-30-15-10-11-18-45-30)50-41(54)33(19-26(2)3)39(52)40(53)34(20-27(4)5)49-42(55)35(21-31-22-44-25-47-31)48-37(51)24-57-36-17-12-14-29-13-8-9-16-32(29)36/h8-18,22,25-28,33-35,38-40,52-53H,7,19-21,23-24H2,1-6H3,(H,44,47)(H,46,56)(H,48,51)(H,49,55)(H,50,54)/t28-,33?,34?,35-,38-,39?,40?/m0/s1. The van der Waals surface area contributed by atoms with Crippen molar-refractivity contribution in [2.24, 2.45) is 23.7 Å². The van der Waals surface area contributed by atoms with Crippen molar-refractivity contribution in [1.82, 2.24) is 36.2 Å². The number of H-pyrrole nitrogens is 1. The third-order valence-electron chi connectivity index (χ3n) is 9.99. The number of aromatic nitrogens is 3. The first kappa shape index (κ1) is 44.4. The number of pyridine rings is 1. The van der Waals surface area contributed by atoms with E-state index in [1.54, 1.807) is 30.6 Å². The maximum Gasteiger partial charge on any atom is 0.258 e. The van der Waals surface area contributed by atoms with Crippen molar-refractivity contribution in [2.75, 3.05) is 6.61 Å². The van der Waals surface area contributed by atoms with E-state index < -0.39 is 54.0 Å². The van der Waals surface area contributed by atoms with Crippen LogP contribution in [0.4, 0.5) is 0 Å². The smallest absolute Gasteiger partial charge is 0.258 e. The van der Waals surface area contributed by atoms with Crippen molar-refractivity contribution < 1.29 is 34.1 Å². The molecule has 7 atom stereocenters. The highest BCUT2D eigenvalue weighted by Gasteiger charge is 2.40. The Morgan fingerprint density at radius 2 is 1.53 bits per heavy atom. The van der Waals surface area contributed by atoms with Crippen molar-refractivity contribution in [2.45, 2.75) is 104 Å². The third-order valence-corrected chi connectivity index (χ3v) is 9.99. The van der Waals surface area contributed by atoms with Gasteiger partial charge in [-0.3, -0.25) is 24.2 Å². The van der Waals surface area contributed by atoms with Gasteiger partial charge in [0.25, 0.3) is 5.91 Å². The Labute approximate surface area is 335 Å². The molecule has 2 heterocycles. The molecule has 2 aromatic carbocycles. The highest BCUT2D eigenvalue weighted by Crippen LogP contribution is 2.26. The van der Waals surface area contributed by atoms with E-state index in [1.165, 1.54) is 6.33 Å². The summed E-state index contributed by atoms with van der Waals surface area (Å²) in [6.45, 7) is 11.2. The number of nitrogens with zero attached hydrogens (tertiary/aromatic N) is 2. The van der Waals surface area contributed by atoms with Crippen LogP contribution in [-0.2, 0) is 32.1 Å². The van der Waals surface area contributed by atoms with Crippen LogP contribution in [0.2, 0.25) is 0 Å². The number of benzene rings is 2. The van der Waals surface area contributed by atoms with Crippen LogP contribution < -0.4 is 26.0 Å². The fraction of sp³-hybridized carbons (Fsp3) is 0.488. The van der Waals surface area contributed by atoms with Crippen molar-refractivity contribution >= 4 is 34.4 Å². The fourth-order valence-corrected chi connectivity index (χ4v) is 6.74. The van der Waals surface area contributed by atoms with Crippen LogP contribution >= 0.6 is 0 Å². The number of carbonyl (C=O) groups excluding carboxylic acids is 4. The van der Waals surface area contributed by atoms with E-state index in [-0.39, 0.29) is 56.1 Å². The molecule has 14 nitrogen and oxygen atoms in total. The zero-order valence-corrected chi connectivity index (χ0v) is 33.8. The van der Waals surface area contributed by atoms with Gasteiger partial charge in [-0.1, -0.05) is 90.4 Å². The maximum atomic E-state index is 14.0. The van der Waals surface area contributed by atoms with Crippen LogP contribution in [0.5, 0.6) is 5.75 Å². The van der Waals surface area contributed by atoms with E-state index in [1.807, 2.05) is 84.0 Å². The number of hydrogen-bond acceptors (Lipinski definition) is 9. The second kappa shape index (κ2) is 21.8. The summed E-state index contributed by atoms with van der Waals surface area (Å²) in [4.78, 5) is 66.0. The lowest BCUT2D eigenvalue weighted by Gasteiger charge is -2.35. The number of nitrogens with one attached hydrogen (secondary N) is 5. The molecule has 0 aliphatic rings. The summed E-state index contributed by atoms with van der Waals surface area (Å²) in [7, 11) is 0. The molecule has 2 aromatic heterocycles. The Morgan fingerprint density at radius 1 is 0.807 bits per heavy atom. The molecule has 308 valence electrons. The number of aliphatic hydroxyl groups is 2. The predicted octanol–water partition coefficient (Wildman–Crippen LogP) is 3.83. The highest BCUT2D eigenvalue weighted by atomic mass is 16.5. The van der Waals surface area contributed by atoms with E-state index in [9.17, 15) is 29.4 Å². The summed E-state index contributed by atoms with van der Waals surface area (Å²) < 4.78 is 5.88. The SMILES string of the molecule is CC[C@H](C)[C@H](NC(=O)C(CC(C)C)C(O)C(O)C(CC(C)C)NC(=O)[C@H](Cc1cnc[nH]1)NC(=O)COc1cccc2ccccc12)C(=O)NCc1ccccn1. The number of amides is 4. The molecule has 4 rings (SSSR count). The topological polar surface area (TPSA) is 208 Å². The Hall–Kier alpha value is -5.34. The fourth-order valence-electron chi connectivity index (χ4n) is 6.74. The Kier molecular flexibility index (Phi) is 17.0. The number of ether oxygens (including phenoxy) is 1. The molecule has 4 amide bonds. The summed E-state index contributed by atoms with van der Waals surface area (Å²) in [5.41, 5.74) is 1.25. The van der Waals surface area contributed by atoms with Crippen LogP contribution in [0.15, 0.2) is 79.4 Å². The number of aromatic amines is 1. The van der Waals surface area contributed by atoms with Gasteiger partial charge in [0.15, 0.2) is 6.61 Å². The number of rotatable bonds is 22. The molecule has 4 aromatic rings. The number of aliphatic hydroxyl groups excluding tert-OH is 2. The molecule has 0 radical (unpaired) electrons. The number of carbonyl (C=O) groups is 4. The van der Waals surface area contributed by atoms with Crippen molar-refractivity contribution in [3.8, 4) is 5.75 Å². The summed E-state index contributed by atoms with van der Waals surface area (Å²) in [5, 5.41) is 36.7. The molecule has 0 saturated carbocycles. The second-order valence-electron chi connectivity index (χ2n) is 15.5. The van der Waals surface area contributed by atoms with Crippen LogP contribution in [0.3, 0.4) is 0 Å². The molecule has 4 unspecified atom stereocenters. The quantitative estimate of drug-likeness (QED) is 0.0617. The van der Waals surface area contributed by atoms with Crippen molar-refractivity contribution in [3.63, 3.8) is 0 Å². The average molecular weight is 786 g/mol. The zero-order chi connectivity index (χ0) is 41.5. The minimum absolute atomic E-state index is 0.0400. The molecular weight excluding hydrogens is 727 g/mol. The number of hydrogen-bond donors (Lipinski definition) is 7. The summed E-state index contributed by atoms with van der Waals surface area (Å²) in [5.74, 6) is -3.07. The van der Waals surface area contributed by atoms with Crippen molar-refractivity contribution in [3.05, 3.63) is 90.8 Å². The molecule has 7 N–H and O–H groups in total. The first-order valence-corrected chi connectivity index (χ1v) is 19.8. The van der Waals surface area contributed by atoms with Gasteiger partial charge >= 0.3 is 0 Å². The number of imidazole rings is 1. The Balaban J connectivity index is 1.49. The van der Waals surface area contributed by atoms with E-state index in [0.29, 0.717) is 23.6 Å². The Bertz CT molecular complexity index is 1870.